The zero-order valence-corrected chi connectivity index (χ0v) is 34.2. The number of hydrogen-bond donors (Lipinski definition) is 1. The van der Waals surface area contributed by atoms with Crippen molar-refractivity contribution in [3.05, 3.63) is 130 Å². The van der Waals surface area contributed by atoms with Crippen LogP contribution < -0.4 is 10.4 Å². The molecule has 1 saturated heterocycles. The van der Waals surface area contributed by atoms with E-state index in [1.165, 1.54) is 23.1 Å². The van der Waals surface area contributed by atoms with Crippen molar-refractivity contribution < 1.29 is 38.6 Å². The van der Waals surface area contributed by atoms with Gasteiger partial charge in [-0.05, 0) is 54.7 Å². The number of alkyl halides is 1. The molecule has 0 spiro atoms. The lowest BCUT2D eigenvalue weighted by Crippen LogP contribution is -2.71. The van der Waals surface area contributed by atoms with Crippen LogP contribution in [0.4, 0.5) is 5.13 Å². The first-order valence-corrected chi connectivity index (χ1v) is 20.9. The van der Waals surface area contributed by atoms with Crippen molar-refractivity contribution in [3.8, 4) is 0 Å². The van der Waals surface area contributed by atoms with Crippen LogP contribution in [-0.2, 0) is 40.7 Å². The van der Waals surface area contributed by atoms with E-state index in [9.17, 15) is 24.3 Å². The Bertz CT molecular complexity index is 2100. The predicted octanol–water partition coefficient (Wildman–Crippen LogP) is 5.47. The van der Waals surface area contributed by atoms with E-state index in [0.29, 0.717) is 16.4 Å². The number of carboxylic acid groups (broad SMARTS) is 1. The number of esters is 1. The molecule has 4 atom stereocenters. The minimum Gasteiger partial charge on any atom is -0.543 e. The van der Waals surface area contributed by atoms with Gasteiger partial charge < -0.3 is 24.8 Å². The summed E-state index contributed by atoms with van der Waals surface area (Å²) < 4.78 is 6.95. The monoisotopic (exact) mass is 891 g/mol. The summed E-state index contributed by atoms with van der Waals surface area (Å²) in [4.78, 5) is 66.1. The summed E-state index contributed by atoms with van der Waals surface area (Å²) >= 11 is 4.57. The maximum Gasteiger partial charge on any atom is 0.421 e. The molecule has 3 aromatic carbocycles. The molecule has 12 nitrogen and oxygen atoms in total. The molecule has 1 fully saturated rings. The van der Waals surface area contributed by atoms with E-state index >= 15 is 0 Å². The van der Waals surface area contributed by atoms with E-state index in [0.717, 1.165) is 26.3 Å². The molecule has 0 saturated carbocycles. The zero-order valence-electron chi connectivity index (χ0n) is 30.4. The average molecular weight is 892 g/mol. The maximum absolute atomic E-state index is 14.1. The Morgan fingerprint density at radius 1 is 1.00 bits per heavy atom. The molecule has 0 radical (unpaired) electrons. The summed E-state index contributed by atoms with van der Waals surface area (Å²) in [5.41, 5.74) is 0.284. The first kappa shape index (κ1) is 38.7. The number of amides is 2. The highest BCUT2D eigenvalue weighted by Crippen LogP contribution is 2.52. The van der Waals surface area contributed by atoms with Gasteiger partial charge in [-0.1, -0.05) is 114 Å². The number of nitrogens with one attached hydrogen (secondary N) is 1. The standard InChI is InChI=1S/C40H38IN5O7S2/c1-38(2,3)53-36(51)39(4)23-52-44-46(31-33(48)45-30(35(49)50)28(21-41)32(39)55-34(31)45)29(47)20-27-22-54-37(42-27)43-40(24-14-8-5-9-15-24,25-16-10-6-11-17-25)26-18-12-7-13-19-26/h5-19,22,31-32,34H,20-21,23H2,1-4H3,(H-,42,43,49,50)/t31-,32?,34-,39?/m1/s1. The molecule has 284 valence electrons. The highest BCUT2D eigenvalue weighted by molar-refractivity contribution is 14.1. The third-order valence-corrected chi connectivity index (χ3v) is 13.2. The molecular formula is C40H38IN5O7S2. The maximum atomic E-state index is 14.1. The molecule has 7 rings (SSSR count). The summed E-state index contributed by atoms with van der Waals surface area (Å²) in [5, 5.41) is 21.1. The second-order valence-corrected chi connectivity index (χ2v) is 17.5. The van der Waals surface area contributed by atoms with Crippen molar-refractivity contribution in [1.82, 2.24) is 9.88 Å². The topological polar surface area (TPSA) is 153 Å². The fraction of sp³-hybridized carbons (Fsp3) is 0.325. The Labute approximate surface area is 340 Å². The predicted molar refractivity (Wildman–Crippen MR) is 213 cm³/mol. The van der Waals surface area contributed by atoms with Gasteiger partial charge in [0.05, 0.1) is 22.6 Å². The Morgan fingerprint density at radius 2 is 1.56 bits per heavy atom. The number of carbonyl (C=O) groups is 4. The number of β-lactam (4-membered cyclic amide) rings is 1. The number of aliphatic carboxylic acids is 1. The molecule has 55 heavy (non-hydrogen) atoms. The van der Waals surface area contributed by atoms with Gasteiger partial charge in [-0.2, -0.15) is 0 Å². The Hall–Kier alpha value is -4.61. The summed E-state index contributed by atoms with van der Waals surface area (Å²) in [6, 6.07) is 29.0. The van der Waals surface area contributed by atoms with E-state index in [4.69, 9.17) is 14.6 Å². The van der Waals surface area contributed by atoms with E-state index < -0.39 is 57.0 Å². The van der Waals surface area contributed by atoms with Gasteiger partial charge in [0, 0.05) is 9.81 Å². The summed E-state index contributed by atoms with van der Waals surface area (Å²) in [5.74, 6) is -3.40. The van der Waals surface area contributed by atoms with Gasteiger partial charge in [-0.3, -0.25) is 14.5 Å². The average Bonchev–Trinajstić information content (AvgIpc) is 3.62. The molecule has 0 aliphatic carbocycles. The van der Waals surface area contributed by atoms with Gasteiger partial charge in [0.2, 0.25) is 0 Å². The molecule has 4 heterocycles. The SMILES string of the molecule is CC(C)(C)OC(=O)C1(C)CON=[N+](C(=O)Cc2csc(NC(c3ccccc3)(c3ccccc3)c3ccccc3)n2)[C@@H]2C(=O)N3C(C(=O)[O-])=C(CI)C1S[C@H]23. The van der Waals surface area contributed by atoms with Crippen molar-refractivity contribution in [2.45, 2.75) is 61.9 Å². The van der Waals surface area contributed by atoms with Gasteiger partial charge in [-0.25, -0.2) is 9.78 Å². The quantitative estimate of drug-likeness (QED) is 0.0543. The molecule has 1 N–H and O–H groups in total. The van der Waals surface area contributed by atoms with Gasteiger partial charge in [0.25, 0.3) is 6.04 Å². The number of rotatable bonds is 10. The van der Waals surface area contributed by atoms with E-state index in [-0.39, 0.29) is 23.2 Å². The number of aromatic nitrogens is 1. The largest absolute Gasteiger partial charge is 0.543 e. The molecular weight excluding hydrogens is 854 g/mol. The lowest BCUT2D eigenvalue weighted by molar-refractivity contribution is -0.574. The lowest BCUT2D eigenvalue weighted by atomic mass is 9.77. The number of thioether (sulfide) groups is 1. The van der Waals surface area contributed by atoms with Crippen LogP contribution in [0.3, 0.4) is 0 Å². The van der Waals surface area contributed by atoms with Crippen LogP contribution in [-0.4, -0.2) is 71.6 Å². The zero-order chi connectivity index (χ0) is 39.1. The number of nitrogens with zero attached hydrogens (tertiary/aromatic N) is 4. The van der Waals surface area contributed by atoms with Gasteiger partial charge in [-0.15, -0.1) is 23.1 Å². The molecule has 2 amide bonds. The minimum atomic E-state index is -1.55. The second-order valence-electron chi connectivity index (χ2n) is 14.7. The van der Waals surface area contributed by atoms with Gasteiger partial charge in [0.1, 0.15) is 29.6 Å². The van der Waals surface area contributed by atoms with E-state index in [1.54, 1.807) is 33.1 Å². The van der Waals surface area contributed by atoms with Crippen LogP contribution in [0.15, 0.2) is 113 Å². The van der Waals surface area contributed by atoms with Crippen molar-refractivity contribution >= 4 is 74.6 Å². The molecule has 2 unspecified atom stereocenters. The number of hydrogen-bond acceptors (Lipinski definition) is 12. The highest BCUT2D eigenvalue weighted by Gasteiger charge is 2.66. The number of anilines is 1. The third-order valence-electron chi connectivity index (χ3n) is 9.76. The van der Waals surface area contributed by atoms with Crippen molar-refractivity contribution in [1.29, 1.82) is 0 Å². The summed E-state index contributed by atoms with van der Waals surface area (Å²) in [6.45, 7) is 6.48. The van der Waals surface area contributed by atoms with Crippen LogP contribution in [0.5, 0.6) is 0 Å². The van der Waals surface area contributed by atoms with Crippen molar-refractivity contribution in [2.24, 2.45) is 10.7 Å². The Morgan fingerprint density at radius 3 is 2.07 bits per heavy atom. The molecule has 15 heteroatoms. The van der Waals surface area contributed by atoms with Crippen LogP contribution in [0, 0.1) is 5.41 Å². The Kier molecular flexibility index (Phi) is 10.6. The fourth-order valence-electron chi connectivity index (χ4n) is 7.18. The smallest absolute Gasteiger partial charge is 0.421 e. The summed E-state index contributed by atoms with van der Waals surface area (Å²) in [7, 11) is 0. The first-order valence-electron chi connectivity index (χ1n) is 17.5. The number of halogens is 1. The summed E-state index contributed by atoms with van der Waals surface area (Å²) in [6.07, 6.45) is -0.240. The number of carboxylic acids is 1. The number of carbonyl (C=O) groups excluding carboxylic acids is 4. The minimum absolute atomic E-state index is 0.193. The van der Waals surface area contributed by atoms with Crippen LogP contribution in [0.2, 0.25) is 0 Å². The van der Waals surface area contributed by atoms with E-state index in [2.05, 4.69) is 47.0 Å². The number of fused-ring (bicyclic) bond motifs is 1. The molecule has 1 aromatic heterocycles. The van der Waals surface area contributed by atoms with Crippen molar-refractivity contribution in [3.63, 3.8) is 0 Å². The molecule has 2 bridgehead atoms. The van der Waals surface area contributed by atoms with Gasteiger partial charge >= 0.3 is 17.8 Å². The number of ether oxygens (including phenoxy) is 1. The number of thiazole rings is 1. The van der Waals surface area contributed by atoms with Crippen LogP contribution in [0.25, 0.3) is 0 Å². The molecule has 3 aliphatic heterocycles. The first-order chi connectivity index (χ1) is 26.3. The van der Waals surface area contributed by atoms with Crippen LogP contribution in [0.1, 0.15) is 50.1 Å². The normalized spacial score (nSPS) is 22.3. The Balaban J connectivity index is 1.22. The number of benzene rings is 3. The second kappa shape index (κ2) is 15.1. The van der Waals surface area contributed by atoms with Gasteiger partial charge in [0.15, 0.2) is 15.8 Å². The third kappa shape index (κ3) is 7.05. The fourth-order valence-corrected chi connectivity index (χ4v) is 10.9. The molecule has 4 aromatic rings. The lowest BCUT2D eigenvalue weighted by Gasteiger charge is -2.51. The molecule has 3 aliphatic rings. The van der Waals surface area contributed by atoms with Crippen LogP contribution >= 0.6 is 45.7 Å². The van der Waals surface area contributed by atoms with Crippen molar-refractivity contribution in [2.75, 3.05) is 16.4 Å². The van der Waals surface area contributed by atoms with E-state index in [1.807, 2.05) is 77.2 Å². The highest BCUT2D eigenvalue weighted by atomic mass is 127.